The highest BCUT2D eigenvalue weighted by Gasteiger charge is 1.91. The van der Waals surface area contributed by atoms with E-state index in [2.05, 4.69) is 42.2 Å². The molecule has 0 fully saturated rings. The van der Waals surface area contributed by atoms with Crippen LogP contribution in [0.3, 0.4) is 0 Å². The lowest BCUT2D eigenvalue weighted by atomic mass is 10.1. The van der Waals surface area contributed by atoms with Crippen LogP contribution >= 0.6 is 0 Å². The zero-order chi connectivity index (χ0) is 11.5. The SMILES string of the molecule is C=CCCCCCCNCc1ccccc1. The number of unbranched alkanes of at least 4 members (excludes halogenated alkanes) is 4. The fraction of sp³-hybridized carbons (Fsp3) is 0.467. The molecule has 1 N–H and O–H groups in total. The Balaban J connectivity index is 1.90. The monoisotopic (exact) mass is 217 g/mol. The van der Waals surface area contributed by atoms with Gasteiger partial charge in [-0.15, -0.1) is 6.58 Å². The predicted octanol–water partition coefficient (Wildman–Crippen LogP) is 3.91. The van der Waals surface area contributed by atoms with Crippen molar-refractivity contribution in [3.63, 3.8) is 0 Å². The van der Waals surface area contributed by atoms with Crippen LogP contribution in [0.25, 0.3) is 0 Å². The van der Waals surface area contributed by atoms with Crippen LogP contribution in [0.1, 0.15) is 37.7 Å². The highest BCUT2D eigenvalue weighted by Crippen LogP contribution is 2.03. The number of rotatable bonds is 9. The van der Waals surface area contributed by atoms with Crippen LogP contribution in [0.5, 0.6) is 0 Å². The summed E-state index contributed by atoms with van der Waals surface area (Å²) in [5, 5.41) is 3.47. The second-order valence-electron chi connectivity index (χ2n) is 4.15. The molecule has 1 rings (SSSR count). The largest absolute Gasteiger partial charge is 0.313 e. The van der Waals surface area contributed by atoms with Crippen molar-refractivity contribution in [3.8, 4) is 0 Å². The molecule has 1 nitrogen and oxygen atoms in total. The van der Waals surface area contributed by atoms with Gasteiger partial charge in [-0.25, -0.2) is 0 Å². The van der Waals surface area contributed by atoms with Crippen molar-refractivity contribution >= 4 is 0 Å². The average molecular weight is 217 g/mol. The van der Waals surface area contributed by atoms with E-state index in [1.54, 1.807) is 0 Å². The Bertz CT molecular complexity index is 266. The minimum atomic E-state index is 0.994. The van der Waals surface area contributed by atoms with E-state index in [0.717, 1.165) is 19.5 Å². The summed E-state index contributed by atoms with van der Waals surface area (Å²) in [7, 11) is 0. The zero-order valence-corrected chi connectivity index (χ0v) is 10.1. The molecule has 1 aromatic carbocycles. The maximum Gasteiger partial charge on any atom is 0.0205 e. The Morgan fingerprint density at radius 3 is 2.50 bits per heavy atom. The molecule has 0 aliphatic carbocycles. The van der Waals surface area contributed by atoms with Gasteiger partial charge in [0.15, 0.2) is 0 Å². The third-order valence-corrected chi connectivity index (χ3v) is 2.68. The third kappa shape index (κ3) is 6.41. The quantitative estimate of drug-likeness (QED) is 0.488. The Morgan fingerprint density at radius 1 is 1.00 bits per heavy atom. The Labute approximate surface area is 99.6 Å². The van der Waals surface area contributed by atoms with E-state index < -0.39 is 0 Å². The molecule has 16 heavy (non-hydrogen) atoms. The fourth-order valence-electron chi connectivity index (χ4n) is 1.72. The maximum atomic E-state index is 3.73. The molecule has 0 amide bonds. The molecular weight excluding hydrogens is 194 g/mol. The van der Waals surface area contributed by atoms with Crippen LogP contribution in [-0.2, 0) is 6.54 Å². The van der Waals surface area contributed by atoms with Crippen molar-refractivity contribution in [2.45, 2.75) is 38.6 Å². The van der Waals surface area contributed by atoms with E-state index in [1.165, 1.54) is 31.2 Å². The minimum absolute atomic E-state index is 0.994. The van der Waals surface area contributed by atoms with Crippen LogP contribution in [0.15, 0.2) is 43.0 Å². The summed E-state index contributed by atoms with van der Waals surface area (Å²) in [5.74, 6) is 0. The van der Waals surface area contributed by atoms with Gasteiger partial charge < -0.3 is 5.32 Å². The van der Waals surface area contributed by atoms with E-state index in [1.807, 2.05) is 6.08 Å². The molecule has 0 spiro atoms. The molecule has 0 heterocycles. The molecule has 1 aromatic rings. The second kappa shape index (κ2) is 9.17. The van der Waals surface area contributed by atoms with Crippen LogP contribution < -0.4 is 5.32 Å². The van der Waals surface area contributed by atoms with E-state index in [9.17, 15) is 0 Å². The van der Waals surface area contributed by atoms with Gasteiger partial charge >= 0.3 is 0 Å². The predicted molar refractivity (Wildman–Crippen MR) is 71.4 cm³/mol. The minimum Gasteiger partial charge on any atom is -0.313 e. The molecule has 1 heteroatoms. The standard InChI is InChI=1S/C15H23N/c1-2-3-4-5-6-10-13-16-14-15-11-8-7-9-12-15/h2,7-9,11-12,16H,1,3-6,10,13-14H2. The highest BCUT2D eigenvalue weighted by molar-refractivity contribution is 5.14. The van der Waals surface area contributed by atoms with E-state index >= 15 is 0 Å². The van der Waals surface area contributed by atoms with Gasteiger partial charge in [0.05, 0.1) is 0 Å². The molecule has 0 aromatic heterocycles. The van der Waals surface area contributed by atoms with Gasteiger partial charge in [-0.05, 0) is 31.4 Å². The molecule has 88 valence electrons. The number of benzene rings is 1. The molecular formula is C15H23N. The van der Waals surface area contributed by atoms with Crippen LogP contribution in [0.2, 0.25) is 0 Å². The molecule has 0 aliphatic rings. The summed E-state index contributed by atoms with van der Waals surface area (Å²) in [6.45, 7) is 5.85. The van der Waals surface area contributed by atoms with Crippen molar-refractivity contribution in [3.05, 3.63) is 48.6 Å². The topological polar surface area (TPSA) is 12.0 Å². The number of hydrogen-bond acceptors (Lipinski definition) is 1. The summed E-state index contributed by atoms with van der Waals surface area (Å²) in [5.41, 5.74) is 1.37. The van der Waals surface area contributed by atoms with E-state index in [-0.39, 0.29) is 0 Å². The Kier molecular flexibility index (Phi) is 7.44. The van der Waals surface area contributed by atoms with E-state index in [0.29, 0.717) is 0 Å². The lowest BCUT2D eigenvalue weighted by molar-refractivity contribution is 0.590. The summed E-state index contributed by atoms with van der Waals surface area (Å²) >= 11 is 0. The zero-order valence-electron chi connectivity index (χ0n) is 10.1. The molecule has 0 saturated carbocycles. The number of hydrogen-bond donors (Lipinski definition) is 1. The summed E-state index contributed by atoms with van der Waals surface area (Å²) in [6.07, 6.45) is 8.41. The van der Waals surface area contributed by atoms with Crippen molar-refractivity contribution in [2.75, 3.05) is 6.54 Å². The maximum absolute atomic E-state index is 3.73. The van der Waals surface area contributed by atoms with Crippen LogP contribution in [-0.4, -0.2) is 6.54 Å². The Hall–Kier alpha value is -1.08. The average Bonchev–Trinajstić information content (AvgIpc) is 2.34. The van der Waals surface area contributed by atoms with Gasteiger partial charge in [0, 0.05) is 6.54 Å². The first-order valence-corrected chi connectivity index (χ1v) is 6.29. The molecule has 0 saturated heterocycles. The van der Waals surface area contributed by atoms with Gasteiger partial charge in [-0.2, -0.15) is 0 Å². The lowest BCUT2D eigenvalue weighted by Crippen LogP contribution is -2.14. The first-order valence-electron chi connectivity index (χ1n) is 6.29. The molecule has 0 radical (unpaired) electrons. The van der Waals surface area contributed by atoms with Gasteiger partial charge in [0.1, 0.15) is 0 Å². The van der Waals surface area contributed by atoms with Crippen LogP contribution in [0.4, 0.5) is 0 Å². The van der Waals surface area contributed by atoms with Crippen molar-refractivity contribution in [2.24, 2.45) is 0 Å². The molecule has 0 bridgehead atoms. The second-order valence-corrected chi connectivity index (χ2v) is 4.15. The van der Waals surface area contributed by atoms with Gasteiger partial charge in [0.2, 0.25) is 0 Å². The number of allylic oxidation sites excluding steroid dienone is 1. The highest BCUT2D eigenvalue weighted by atomic mass is 14.8. The molecule has 0 unspecified atom stereocenters. The normalized spacial score (nSPS) is 10.2. The molecule has 0 aliphatic heterocycles. The van der Waals surface area contributed by atoms with Gasteiger partial charge in [-0.1, -0.05) is 49.2 Å². The van der Waals surface area contributed by atoms with Crippen molar-refractivity contribution in [1.82, 2.24) is 5.32 Å². The fourth-order valence-corrected chi connectivity index (χ4v) is 1.72. The van der Waals surface area contributed by atoms with Crippen molar-refractivity contribution < 1.29 is 0 Å². The lowest BCUT2D eigenvalue weighted by Gasteiger charge is -2.04. The molecule has 0 atom stereocenters. The van der Waals surface area contributed by atoms with Gasteiger partial charge in [-0.3, -0.25) is 0 Å². The van der Waals surface area contributed by atoms with Crippen molar-refractivity contribution in [1.29, 1.82) is 0 Å². The van der Waals surface area contributed by atoms with Gasteiger partial charge in [0.25, 0.3) is 0 Å². The Morgan fingerprint density at radius 2 is 1.75 bits per heavy atom. The summed E-state index contributed by atoms with van der Waals surface area (Å²) < 4.78 is 0. The third-order valence-electron chi connectivity index (χ3n) is 2.68. The number of nitrogens with one attached hydrogen (secondary N) is 1. The first-order chi connectivity index (χ1) is 7.93. The smallest absolute Gasteiger partial charge is 0.0205 e. The van der Waals surface area contributed by atoms with Crippen LogP contribution in [0, 0.1) is 0 Å². The first kappa shape index (κ1) is 13.0. The summed E-state index contributed by atoms with van der Waals surface area (Å²) in [6, 6.07) is 10.6. The summed E-state index contributed by atoms with van der Waals surface area (Å²) in [4.78, 5) is 0. The van der Waals surface area contributed by atoms with E-state index in [4.69, 9.17) is 0 Å².